The third kappa shape index (κ3) is 28.0. The first-order chi connectivity index (χ1) is 43.9. The van der Waals surface area contributed by atoms with Crippen LogP contribution in [-0.4, -0.2) is 179 Å². The Morgan fingerprint density at radius 2 is 1.02 bits per heavy atom. The van der Waals surface area contributed by atoms with E-state index in [1.807, 2.05) is 12.1 Å². The maximum atomic E-state index is 14.8. The monoisotopic (exact) mass is 1300 g/mol. The summed E-state index contributed by atoms with van der Waals surface area (Å²) < 4.78 is 0. The predicted molar refractivity (Wildman–Crippen MR) is 345 cm³/mol. The van der Waals surface area contributed by atoms with Crippen LogP contribution in [0, 0.1) is 17.8 Å². The minimum Gasteiger partial charge on any atom is -0.481 e. The molecule has 0 unspecified atom stereocenters. The maximum absolute atomic E-state index is 14.8. The Morgan fingerprint density at radius 1 is 0.516 bits per heavy atom. The molecule has 512 valence electrons. The van der Waals surface area contributed by atoms with E-state index in [0.717, 1.165) is 10.9 Å². The SMILES string of the molecule is CC[C@H](C)[C@H](NC(=O)[C@H](Cc1ccccc1)NC(=O)[C@@H](N)CCC(=O)O)C(=O)N[C@@H](C)C(=O)N[C@@H](Cc1c[nH]c2ccccc12)C(=O)N[C@@H](CC(C)C)C(=O)N[C@H](C(=O)N[C@@H](CCCN=C(N)N)C(=O)NCC(=O)N[C@@H](CCCN=C(N)N)C(=O)NCC(=O)O)C(C)C. The summed E-state index contributed by atoms with van der Waals surface area (Å²) in [5.74, 6) is -12.5. The van der Waals surface area contributed by atoms with Crippen molar-refractivity contribution in [3.63, 3.8) is 0 Å². The highest BCUT2D eigenvalue weighted by Crippen LogP contribution is 2.20. The molecule has 3 aromatic rings. The molecule has 32 heteroatoms. The molecule has 32 nitrogen and oxygen atoms in total. The summed E-state index contributed by atoms with van der Waals surface area (Å²) in [6.07, 6.45) is 1.52. The molecule has 10 amide bonds. The summed E-state index contributed by atoms with van der Waals surface area (Å²) in [7, 11) is 0. The van der Waals surface area contributed by atoms with Crippen LogP contribution >= 0.6 is 0 Å². The Morgan fingerprint density at radius 3 is 1.59 bits per heavy atom. The average molecular weight is 1300 g/mol. The van der Waals surface area contributed by atoms with Gasteiger partial charge in [-0.3, -0.25) is 67.5 Å². The van der Waals surface area contributed by atoms with Gasteiger partial charge in [0.1, 0.15) is 54.9 Å². The molecule has 0 aliphatic heterocycles. The van der Waals surface area contributed by atoms with Crippen molar-refractivity contribution in [1.29, 1.82) is 0 Å². The van der Waals surface area contributed by atoms with Crippen molar-refractivity contribution in [2.75, 3.05) is 26.2 Å². The summed E-state index contributed by atoms with van der Waals surface area (Å²) >= 11 is 0. The van der Waals surface area contributed by atoms with Gasteiger partial charge < -0.3 is 97.0 Å². The van der Waals surface area contributed by atoms with Gasteiger partial charge in [0.05, 0.1) is 12.6 Å². The third-order valence-electron chi connectivity index (χ3n) is 14.8. The summed E-state index contributed by atoms with van der Waals surface area (Å²) in [4.78, 5) is 173. The van der Waals surface area contributed by atoms with Crippen molar-refractivity contribution in [3.05, 3.63) is 71.9 Å². The lowest BCUT2D eigenvalue weighted by Crippen LogP contribution is -2.61. The number of aliphatic imine (C=N–C) groups is 2. The normalized spacial score (nSPS) is 14.3. The van der Waals surface area contributed by atoms with Crippen molar-refractivity contribution in [2.45, 2.75) is 167 Å². The number of para-hydroxylation sites is 1. The van der Waals surface area contributed by atoms with Gasteiger partial charge in [-0.05, 0) is 80.4 Å². The molecule has 3 rings (SSSR count). The number of aromatic nitrogens is 1. The highest BCUT2D eigenvalue weighted by atomic mass is 16.4. The molecule has 0 aliphatic carbocycles. The smallest absolute Gasteiger partial charge is 0.322 e. The molecule has 0 spiro atoms. The second kappa shape index (κ2) is 39.4. The van der Waals surface area contributed by atoms with E-state index in [4.69, 9.17) is 38.9 Å². The number of hydrogen-bond donors (Lipinski definition) is 18. The van der Waals surface area contributed by atoms with E-state index in [0.29, 0.717) is 17.5 Å². The highest BCUT2D eigenvalue weighted by Gasteiger charge is 2.36. The van der Waals surface area contributed by atoms with E-state index in [-0.39, 0.29) is 82.3 Å². The van der Waals surface area contributed by atoms with E-state index < -0.39 is 157 Å². The number of aromatic amines is 1. The van der Waals surface area contributed by atoms with Crippen LogP contribution in [0.15, 0.2) is 70.8 Å². The summed E-state index contributed by atoms with van der Waals surface area (Å²) in [5, 5.41) is 44.9. The van der Waals surface area contributed by atoms with E-state index in [9.17, 15) is 57.5 Å². The number of aliphatic carboxylic acids is 2. The molecular formula is C61H94N18O14. The quantitative estimate of drug-likeness (QED) is 0.0155. The lowest BCUT2D eigenvalue weighted by atomic mass is 9.96. The summed E-state index contributed by atoms with van der Waals surface area (Å²) in [5.41, 5.74) is 29.7. The molecule has 0 fully saturated rings. The number of fused-ring (bicyclic) bond motifs is 1. The number of benzene rings is 2. The number of nitrogens with zero attached hydrogens (tertiary/aromatic N) is 2. The van der Waals surface area contributed by atoms with Crippen molar-refractivity contribution >= 4 is 93.8 Å². The standard InChI is InChI=1S/C61H94N18O14/c1-8-34(6)50(79-57(91)44(27-36-16-10-9-11-17-36)76-52(86)39(62)22-23-47(81)82)59(93)72-35(7)51(85)75-45(28-37-29-69-40-19-13-12-18-38(37)40)55(89)77-43(26-32(2)3)56(90)78-49(33(4)5)58(92)74-42(21-15-25-68-61(65)66)54(88)70-30-46(80)73-41(20-14-24-67-60(63)64)53(87)71-31-48(83)84/h9-13,16-19,29,32-35,39,41-45,49-50,69H,8,14-15,20-28,30-31,62H2,1-7H3,(H,70,88)(H,71,87)(H,72,93)(H,73,80)(H,74,92)(H,75,85)(H,76,86)(H,77,89)(H,78,90)(H,79,91)(H,81,82)(H,83,84)(H4,63,64,67)(H4,65,66,68)/t34-,35-,39-,41-,42-,43-,44-,45-,49-,50-/m0/s1. The lowest BCUT2D eigenvalue weighted by molar-refractivity contribution is -0.138. The fourth-order valence-electron chi connectivity index (χ4n) is 9.49. The Labute approximate surface area is 539 Å². The lowest BCUT2D eigenvalue weighted by Gasteiger charge is -2.29. The van der Waals surface area contributed by atoms with Crippen LogP contribution in [0.3, 0.4) is 0 Å². The molecule has 1 heterocycles. The number of H-pyrrole nitrogens is 1. The summed E-state index contributed by atoms with van der Waals surface area (Å²) in [6.45, 7) is 10.3. The fourth-order valence-corrected chi connectivity index (χ4v) is 9.49. The fraction of sp³-hybridized carbons (Fsp3) is 0.541. The first-order valence-electron chi connectivity index (χ1n) is 30.8. The molecule has 0 bridgehead atoms. The van der Waals surface area contributed by atoms with E-state index >= 15 is 0 Å². The number of nitrogens with two attached hydrogens (primary N) is 5. The Hall–Kier alpha value is -9.88. The number of amides is 10. The predicted octanol–water partition coefficient (Wildman–Crippen LogP) is -2.78. The second-order valence-corrected chi connectivity index (χ2v) is 23.3. The van der Waals surface area contributed by atoms with E-state index in [1.165, 1.54) is 6.92 Å². The largest absolute Gasteiger partial charge is 0.481 e. The van der Waals surface area contributed by atoms with Gasteiger partial charge in [0.15, 0.2) is 11.9 Å². The number of rotatable bonds is 41. The Kier molecular flexibility index (Phi) is 32.8. The van der Waals surface area contributed by atoms with Crippen molar-refractivity contribution in [1.82, 2.24) is 58.2 Å². The number of carbonyl (C=O) groups excluding carboxylic acids is 10. The summed E-state index contributed by atoms with van der Waals surface area (Å²) in [6, 6.07) is 4.04. The zero-order valence-electron chi connectivity index (χ0n) is 53.7. The Balaban J connectivity index is 1.89. The molecule has 0 radical (unpaired) electrons. The zero-order valence-corrected chi connectivity index (χ0v) is 53.7. The van der Waals surface area contributed by atoms with Gasteiger partial charge in [-0.25, -0.2) is 0 Å². The number of nitrogens with one attached hydrogen (secondary N) is 11. The number of guanidine groups is 2. The van der Waals surface area contributed by atoms with E-state index in [2.05, 4.69) is 68.1 Å². The van der Waals surface area contributed by atoms with Gasteiger partial charge in [-0.1, -0.05) is 96.5 Å². The van der Waals surface area contributed by atoms with Gasteiger partial charge in [0, 0.05) is 49.5 Å². The van der Waals surface area contributed by atoms with Gasteiger partial charge in [0.25, 0.3) is 0 Å². The average Bonchev–Trinajstić information content (AvgIpc) is 1.79. The third-order valence-corrected chi connectivity index (χ3v) is 14.8. The first kappa shape index (κ1) is 77.4. The second-order valence-electron chi connectivity index (χ2n) is 23.3. The molecule has 0 saturated heterocycles. The number of carboxylic acids is 2. The highest BCUT2D eigenvalue weighted by molar-refractivity contribution is 5.99. The minimum atomic E-state index is -1.41. The zero-order chi connectivity index (χ0) is 69.5. The molecule has 0 aliphatic rings. The number of carboxylic acid groups (broad SMARTS) is 2. The van der Waals surface area contributed by atoms with Gasteiger partial charge in [0.2, 0.25) is 59.1 Å². The van der Waals surface area contributed by atoms with Crippen LogP contribution in [0.5, 0.6) is 0 Å². The van der Waals surface area contributed by atoms with Gasteiger partial charge in [-0.15, -0.1) is 0 Å². The van der Waals surface area contributed by atoms with Crippen molar-refractivity contribution in [3.8, 4) is 0 Å². The van der Waals surface area contributed by atoms with Crippen LogP contribution in [-0.2, 0) is 70.4 Å². The van der Waals surface area contributed by atoms with Crippen molar-refractivity contribution in [2.24, 2.45) is 56.4 Å². The molecule has 0 saturated carbocycles. The molecule has 10 atom stereocenters. The molecular weight excluding hydrogens is 1210 g/mol. The molecule has 2 aromatic carbocycles. The minimum absolute atomic E-state index is 0.0223. The van der Waals surface area contributed by atoms with Crippen LogP contribution in [0.25, 0.3) is 10.9 Å². The van der Waals surface area contributed by atoms with Gasteiger partial charge >= 0.3 is 11.9 Å². The molecule has 93 heavy (non-hydrogen) atoms. The van der Waals surface area contributed by atoms with E-state index in [1.54, 1.807) is 90.2 Å². The first-order valence-corrected chi connectivity index (χ1v) is 30.8. The van der Waals surface area contributed by atoms with Crippen LogP contribution in [0.1, 0.15) is 111 Å². The molecule has 23 N–H and O–H groups in total. The number of carbonyl (C=O) groups is 12. The van der Waals surface area contributed by atoms with Crippen LogP contribution in [0.2, 0.25) is 0 Å². The number of hydrogen-bond acceptors (Lipinski definition) is 15. The Bertz CT molecular complexity index is 3090. The van der Waals surface area contributed by atoms with Crippen LogP contribution < -0.4 is 81.8 Å². The van der Waals surface area contributed by atoms with Crippen molar-refractivity contribution < 1.29 is 67.7 Å². The van der Waals surface area contributed by atoms with Gasteiger partial charge in [-0.2, -0.15) is 0 Å². The topological polar surface area (TPSA) is 536 Å². The molecule has 1 aromatic heterocycles. The van der Waals surface area contributed by atoms with Crippen LogP contribution in [0.4, 0.5) is 0 Å². The maximum Gasteiger partial charge on any atom is 0.322 e.